The van der Waals surface area contributed by atoms with Gasteiger partial charge in [0, 0.05) is 29.4 Å². The zero-order chi connectivity index (χ0) is 19.9. The van der Waals surface area contributed by atoms with Gasteiger partial charge in [-0.25, -0.2) is 4.98 Å². The number of carbonyl (C=O) groups is 1. The van der Waals surface area contributed by atoms with Crippen LogP contribution in [0.25, 0.3) is 22.2 Å². The maximum absolute atomic E-state index is 12.8. The van der Waals surface area contributed by atoms with Crippen LogP contribution < -0.4 is 0 Å². The lowest BCUT2D eigenvalue weighted by molar-refractivity contribution is -0.128. The first kappa shape index (κ1) is 17.3. The molecule has 6 rings (SSSR count). The molecule has 148 valence electrons. The Kier molecular flexibility index (Phi) is 3.55. The van der Waals surface area contributed by atoms with E-state index in [1.165, 1.54) is 0 Å². The van der Waals surface area contributed by atoms with Crippen LogP contribution in [0.3, 0.4) is 0 Å². The van der Waals surface area contributed by atoms with E-state index in [9.17, 15) is 9.90 Å². The van der Waals surface area contributed by atoms with E-state index in [0.717, 1.165) is 70.7 Å². The summed E-state index contributed by atoms with van der Waals surface area (Å²) in [5.41, 5.74) is 5.13. The molecule has 4 atom stereocenters. The fourth-order valence-electron chi connectivity index (χ4n) is 5.45. The van der Waals surface area contributed by atoms with Crippen LogP contribution in [0, 0.1) is 38.0 Å². The van der Waals surface area contributed by atoms with Crippen molar-refractivity contribution < 1.29 is 14.4 Å². The van der Waals surface area contributed by atoms with E-state index in [2.05, 4.69) is 22.6 Å². The molecule has 0 spiro atoms. The lowest BCUT2D eigenvalue weighted by Gasteiger charge is -2.23. The highest BCUT2D eigenvalue weighted by atomic mass is 16.5. The van der Waals surface area contributed by atoms with Gasteiger partial charge >= 0.3 is 0 Å². The third kappa shape index (κ3) is 2.51. The monoisotopic (exact) mass is 390 g/mol. The molecule has 2 aromatic heterocycles. The second-order valence-corrected chi connectivity index (χ2v) is 9.00. The summed E-state index contributed by atoms with van der Waals surface area (Å²) >= 11 is 0. The number of fused-ring (bicyclic) bond motifs is 3. The number of aryl methyl sites for hydroxylation is 2. The van der Waals surface area contributed by atoms with Crippen LogP contribution in [-0.4, -0.2) is 26.0 Å². The second-order valence-electron chi connectivity index (χ2n) is 9.00. The Bertz CT molecular complexity index is 1120. The molecule has 0 saturated heterocycles. The smallest absolute Gasteiger partial charge is 0.186 e. The fraction of sp³-hybridized carbons (Fsp3) is 0.478. The molecule has 3 fully saturated rings. The van der Waals surface area contributed by atoms with Crippen molar-refractivity contribution in [1.29, 1.82) is 0 Å². The number of rotatable bonds is 4. The number of carbonyl (C=O) groups excluding carboxylic acids is 1. The first-order valence-corrected chi connectivity index (χ1v) is 10.5. The lowest BCUT2D eigenvalue weighted by atomic mass is 9.80. The van der Waals surface area contributed by atoms with Crippen molar-refractivity contribution in [3.8, 4) is 11.1 Å². The maximum Gasteiger partial charge on any atom is 0.186 e. The molecule has 1 aromatic carbocycles. The van der Waals surface area contributed by atoms with Gasteiger partial charge in [0.15, 0.2) is 11.7 Å². The fourth-order valence-corrected chi connectivity index (χ4v) is 5.45. The van der Waals surface area contributed by atoms with E-state index in [0.29, 0.717) is 5.92 Å². The number of imidazole rings is 1. The molecule has 6 heteroatoms. The minimum Gasteiger partial charge on any atom is -0.388 e. The molecule has 2 heterocycles. The zero-order valence-corrected chi connectivity index (χ0v) is 16.6. The number of hydrogen-bond acceptors (Lipinski definition) is 5. The molecule has 3 aromatic rings. The highest BCUT2D eigenvalue weighted by Crippen LogP contribution is 2.51. The van der Waals surface area contributed by atoms with E-state index in [1.54, 1.807) is 0 Å². The summed E-state index contributed by atoms with van der Waals surface area (Å²) in [4.78, 5) is 21.1. The Morgan fingerprint density at radius 1 is 1.31 bits per heavy atom. The maximum atomic E-state index is 12.8. The summed E-state index contributed by atoms with van der Waals surface area (Å²) in [6, 6.07) is 4.05. The topological polar surface area (TPSA) is 92.0 Å². The van der Waals surface area contributed by atoms with Crippen LogP contribution in [-0.2, 0) is 4.79 Å². The molecular weight excluding hydrogens is 366 g/mol. The number of aliphatic hydroxyl groups excluding tert-OH is 1. The lowest BCUT2D eigenvalue weighted by Crippen LogP contribution is -2.28. The van der Waals surface area contributed by atoms with Gasteiger partial charge in [-0.05, 0) is 44.4 Å². The van der Waals surface area contributed by atoms with Gasteiger partial charge in [-0.15, -0.1) is 0 Å². The SMILES string of the molecule is Cc1noc(C)c1-c1cc(C(O)C2C(=O)C3[CH+]CC2C3)c2nc(C3CC3)[nH]c2c1. The molecule has 4 unspecified atom stereocenters. The first-order chi connectivity index (χ1) is 14.0. The number of benzene rings is 1. The standard InChI is InChI=1S/C23H24N3O3/c1-10-18(11(2)29-26-10)15-8-16(20-17(9-15)24-23(25-20)12-3-4-12)22(28)19-13-5-6-14(7-13)21(19)27/h6,8-9,12-14,19,22,28H,3-5,7H2,1-2H3,(H,24,25)/q+1. The van der Waals surface area contributed by atoms with Crippen molar-refractivity contribution in [2.24, 2.45) is 17.8 Å². The summed E-state index contributed by atoms with van der Waals surface area (Å²) in [6.07, 6.45) is 5.36. The number of hydrogen-bond donors (Lipinski definition) is 2. The Labute approximate surface area is 168 Å². The van der Waals surface area contributed by atoms with Crippen LogP contribution in [0.1, 0.15) is 60.5 Å². The highest BCUT2D eigenvalue weighted by Gasteiger charge is 2.56. The van der Waals surface area contributed by atoms with Crippen molar-refractivity contribution in [3.05, 3.63) is 41.4 Å². The summed E-state index contributed by atoms with van der Waals surface area (Å²) in [5, 5.41) is 15.5. The van der Waals surface area contributed by atoms with Gasteiger partial charge < -0.3 is 14.6 Å². The van der Waals surface area contributed by atoms with Crippen LogP contribution in [0.4, 0.5) is 0 Å². The van der Waals surface area contributed by atoms with Gasteiger partial charge in [-0.2, -0.15) is 0 Å². The van der Waals surface area contributed by atoms with Crippen molar-refractivity contribution in [3.63, 3.8) is 0 Å². The molecule has 0 aliphatic heterocycles. The average Bonchev–Trinajstić information content (AvgIpc) is 3.01. The van der Waals surface area contributed by atoms with Gasteiger partial charge in [0.2, 0.25) is 0 Å². The van der Waals surface area contributed by atoms with E-state index in [4.69, 9.17) is 9.51 Å². The molecular formula is C23H24N3O3+. The molecule has 6 nitrogen and oxygen atoms in total. The van der Waals surface area contributed by atoms with Gasteiger partial charge in [-0.1, -0.05) is 5.16 Å². The predicted octanol–water partition coefficient (Wildman–Crippen LogP) is 4.17. The minimum atomic E-state index is -0.843. The molecule has 3 saturated carbocycles. The largest absolute Gasteiger partial charge is 0.388 e. The zero-order valence-electron chi connectivity index (χ0n) is 16.6. The number of Topliss-reactive ketones (excluding diaryl/α,β-unsaturated/α-hetero) is 1. The van der Waals surface area contributed by atoms with Crippen molar-refractivity contribution in [2.45, 2.75) is 51.6 Å². The Hall–Kier alpha value is -2.60. The van der Waals surface area contributed by atoms with E-state index in [-0.39, 0.29) is 23.5 Å². The van der Waals surface area contributed by atoms with Gasteiger partial charge in [-0.3, -0.25) is 4.79 Å². The van der Waals surface area contributed by atoms with Crippen molar-refractivity contribution >= 4 is 16.8 Å². The van der Waals surface area contributed by atoms with Gasteiger partial charge in [0.25, 0.3) is 0 Å². The normalized spacial score (nSPS) is 27.0. The summed E-state index contributed by atoms with van der Waals surface area (Å²) in [6.45, 7) is 3.82. The number of aromatic amines is 1. The third-order valence-corrected chi connectivity index (χ3v) is 7.06. The Morgan fingerprint density at radius 3 is 2.79 bits per heavy atom. The van der Waals surface area contributed by atoms with Crippen LogP contribution in [0.2, 0.25) is 0 Å². The van der Waals surface area contributed by atoms with E-state index >= 15 is 0 Å². The first-order valence-electron chi connectivity index (χ1n) is 10.5. The van der Waals surface area contributed by atoms with Crippen LogP contribution >= 0.6 is 0 Å². The van der Waals surface area contributed by atoms with Gasteiger partial charge in [0.1, 0.15) is 11.6 Å². The summed E-state index contributed by atoms with van der Waals surface area (Å²) < 4.78 is 5.38. The molecule has 0 amide bonds. The summed E-state index contributed by atoms with van der Waals surface area (Å²) in [5.74, 6) is 2.31. The van der Waals surface area contributed by atoms with Crippen LogP contribution in [0.15, 0.2) is 16.7 Å². The molecule has 3 aliphatic rings. The quantitative estimate of drug-likeness (QED) is 0.652. The van der Waals surface area contributed by atoms with Crippen molar-refractivity contribution in [2.75, 3.05) is 0 Å². The van der Waals surface area contributed by atoms with E-state index in [1.807, 2.05) is 19.9 Å². The number of H-pyrrole nitrogens is 1. The second kappa shape index (κ2) is 5.95. The molecule has 2 N–H and O–H groups in total. The number of aromatic nitrogens is 3. The summed E-state index contributed by atoms with van der Waals surface area (Å²) in [7, 11) is 0. The number of aliphatic hydroxyl groups is 1. The van der Waals surface area contributed by atoms with Crippen molar-refractivity contribution in [1.82, 2.24) is 15.1 Å². The third-order valence-electron chi connectivity index (χ3n) is 7.06. The van der Waals surface area contributed by atoms with Crippen LogP contribution in [0.5, 0.6) is 0 Å². The number of ketones is 1. The Morgan fingerprint density at radius 2 is 2.14 bits per heavy atom. The average molecular weight is 390 g/mol. The minimum absolute atomic E-state index is 0.0158. The predicted molar refractivity (Wildman–Crippen MR) is 107 cm³/mol. The molecule has 0 radical (unpaired) electrons. The molecule has 2 bridgehead atoms. The molecule has 3 aliphatic carbocycles. The van der Waals surface area contributed by atoms with E-state index < -0.39 is 6.10 Å². The highest BCUT2D eigenvalue weighted by molar-refractivity contribution is 5.91. The Balaban J connectivity index is 1.52. The number of nitrogens with one attached hydrogen (secondary N) is 1. The molecule has 29 heavy (non-hydrogen) atoms. The van der Waals surface area contributed by atoms with Gasteiger partial charge in [0.05, 0.1) is 41.6 Å². The number of nitrogens with zero attached hydrogens (tertiary/aromatic N) is 2.